The summed E-state index contributed by atoms with van der Waals surface area (Å²) in [5.74, 6) is 1.62. The highest BCUT2D eigenvalue weighted by Gasteiger charge is 2.30. The second-order valence-electron chi connectivity index (χ2n) is 5.99. The van der Waals surface area contributed by atoms with Gasteiger partial charge in [-0.3, -0.25) is 4.79 Å². The van der Waals surface area contributed by atoms with E-state index in [0.717, 1.165) is 31.5 Å². The van der Waals surface area contributed by atoms with Crippen molar-refractivity contribution in [2.24, 2.45) is 0 Å². The number of hydrogen-bond donors (Lipinski definition) is 1. The molecule has 21 heavy (non-hydrogen) atoms. The molecule has 6 nitrogen and oxygen atoms in total. The zero-order valence-corrected chi connectivity index (χ0v) is 12.0. The van der Waals surface area contributed by atoms with Crippen molar-refractivity contribution in [1.29, 1.82) is 0 Å². The zero-order valence-electron chi connectivity index (χ0n) is 12.0. The van der Waals surface area contributed by atoms with Crippen molar-refractivity contribution in [3.8, 4) is 0 Å². The fourth-order valence-electron chi connectivity index (χ4n) is 2.52. The van der Waals surface area contributed by atoms with Gasteiger partial charge in [-0.1, -0.05) is 5.16 Å². The Balaban J connectivity index is 1.46. The molecule has 110 valence electrons. The molecule has 4 rings (SSSR count). The van der Waals surface area contributed by atoms with Crippen LogP contribution in [0.3, 0.4) is 0 Å². The Hall–Kier alpha value is -2.11. The summed E-state index contributed by atoms with van der Waals surface area (Å²) in [6.45, 7) is 1.87. The van der Waals surface area contributed by atoms with Crippen molar-refractivity contribution in [1.82, 2.24) is 20.0 Å². The predicted octanol–water partition coefficient (Wildman–Crippen LogP) is 2.57. The molecule has 1 N–H and O–H groups in total. The summed E-state index contributed by atoms with van der Waals surface area (Å²) in [6, 6.07) is 3.97. The Morgan fingerprint density at radius 1 is 1.43 bits per heavy atom. The lowest BCUT2D eigenvalue weighted by Crippen LogP contribution is -2.28. The van der Waals surface area contributed by atoms with Gasteiger partial charge in [0.1, 0.15) is 11.7 Å². The van der Waals surface area contributed by atoms with E-state index in [-0.39, 0.29) is 11.9 Å². The van der Waals surface area contributed by atoms with Gasteiger partial charge in [-0.25, -0.2) is 0 Å². The summed E-state index contributed by atoms with van der Waals surface area (Å²) in [5.41, 5.74) is 0.700. The Morgan fingerprint density at radius 2 is 2.24 bits per heavy atom. The molecule has 0 aliphatic heterocycles. The summed E-state index contributed by atoms with van der Waals surface area (Å²) in [7, 11) is 0. The van der Waals surface area contributed by atoms with Crippen LogP contribution in [0.2, 0.25) is 0 Å². The molecule has 2 aromatic heterocycles. The molecule has 2 aliphatic rings. The number of amides is 1. The van der Waals surface area contributed by atoms with Crippen LogP contribution in [0, 0.1) is 0 Å². The third kappa shape index (κ3) is 2.46. The average molecular weight is 286 g/mol. The minimum atomic E-state index is -0.278. The van der Waals surface area contributed by atoms with Crippen LogP contribution in [-0.2, 0) is 0 Å². The molecular weight excluding hydrogens is 268 g/mol. The van der Waals surface area contributed by atoms with Crippen LogP contribution in [0.1, 0.15) is 72.8 Å². The highest BCUT2D eigenvalue weighted by molar-refractivity contribution is 5.93. The molecule has 2 aromatic rings. The van der Waals surface area contributed by atoms with Crippen molar-refractivity contribution >= 4 is 5.91 Å². The first-order valence-corrected chi connectivity index (χ1v) is 7.53. The van der Waals surface area contributed by atoms with Gasteiger partial charge in [-0.2, -0.15) is 4.98 Å². The number of aromatic nitrogens is 3. The number of rotatable bonds is 5. The highest BCUT2D eigenvalue weighted by atomic mass is 16.5. The molecule has 0 radical (unpaired) electrons. The highest BCUT2D eigenvalue weighted by Crippen LogP contribution is 2.38. The van der Waals surface area contributed by atoms with Gasteiger partial charge in [0, 0.05) is 18.2 Å². The van der Waals surface area contributed by atoms with E-state index >= 15 is 0 Å². The Labute approximate surface area is 122 Å². The molecule has 2 fully saturated rings. The molecule has 0 unspecified atom stereocenters. The molecule has 0 bridgehead atoms. The third-order valence-corrected chi connectivity index (χ3v) is 4.07. The van der Waals surface area contributed by atoms with Gasteiger partial charge in [0.2, 0.25) is 5.89 Å². The van der Waals surface area contributed by atoms with Crippen molar-refractivity contribution < 1.29 is 9.32 Å². The Bertz CT molecular complexity index is 667. The summed E-state index contributed by atoms with van der Waals surface area (Å²) >= 11 is 0. The molecular formula is C15H18N4O2. The predicted molar refractivity (Wildman–Crippen MR) is 74.9 cm³/mol. The maximum atomic E-state index is 12.4. The molecule has 1 atom stereocenters. The van der Waals surface area contributed by atoms with Gasteiger partial charge in [-0.15, -0.1) is 0 Å². The van der Waals surface area contributed by atoms with Gasteiger partial charge >= 0.3 is 0 Å². The smallest absolute Gasteiger partial charge is 0.268 e. The maximum Gasteiger partial charge on any atom is 0.268 e. The van der Waals surface area contributed by atoms with Crippen molar-refractivity contribution in [3.63, 3.8) is 0 Å². The van der Waals surface area contributed by atoms with Gasteiger partial charge in [0.25, 0.3) is 5.91 Å². The zero-order chi connectivity index (χ0) is 14.4. The summed E-state index contributed by atoms with van der Waals surface area (Å²) in [6.07, 6.45) is 6.54. The SMILES string of the molecule is C[C@H](NC(=O)c1cccn1C1CC1)c1nc(C2CC2)no1. The third-order valence-electron chi connectivity index (χ3n) is 4.07. The van der Waals surface area contributed by atoms with Crippen LogP contribution < -0.4 is 5.32 Å². The first kappa shape index (κ1) is 12.6. The topological polar surface area (TPSA) is 73.0 Å². The van der Waals surface area contributed by atoms with Crippen LogP contribution >= 0.6 is 0 Å². The van der Waals surface area contributed by atoms with Gasteiger partial charge in [0.15, 0.2) is 5.82 Å². The van der Waals surface area contributed by atoms with Crippen LogP contribution in [0.15, 0.2) is 22.9 Å². The second-order valence-corrected chi connectivity index (χ2v) is 5.99. The molecule has 2 saturated carbocycles. The summed E-state index contributed by atoms with van der Waals surface area (Å²) < 4.78 is 7.30. The molecule has 0 spiro atoms. The minimum absolute atomic E-state index is 0.0921. The Kier molecular flexibility index (Phi) is 2.83. The van der Waals surface area contributed by atoms with E-state index in [1.165, 1.54) is 0 Å². The standard InChI is InChI=1S/C15H18N4O2/c1-9(15-17-13(18-21-15)10-4-5-10)16-14(20)12-3-2-8-19(12)11-6-7-11/h2-3,8-11H,4-7H2,1H3,(H,16,20)/t9-/m0/s1. The van der Waals surface area contributed by atoms with Crippen molar-refractivity contribution in [3.05, 3.63) is 35.7 Å². The quantitative estimate of drug-likeness (QED) is 0.916. The van der Waals surface area contributed by atoms with Crippen molar-refractivity contribution in [2.45, 2.75) is 50.6 Å². The van der Waals surface area contributed by atoms with Crippen LogP contribution in [0.25, 0.3) is 0 Å². The van der Waals surface area contributed by atoms with Gasteiger partial charge in [-0.05, 0) is 44.7 Å². The number of hydrogen-bond acceptors (Lipinski definition) is 4. The van der Waals surface area contributed by atoms with E-state index in [0.29, 0.717) is 23.5 Å². The van der Waals surface area contributed by atoms with E-state index in [4.69, 9.17) is 4.52 Å². The van der Waals surface area contributed by atoms with E-state index in [1.807, 2.05) is 29.8 Å². The van der Waals surface area contributed by atoms with Gasteiger partial charge in [0.05, 0.1) is 0 Å². The molecule has 1 amide bonds. The maximum absolute atomic E-state index is 12.4. The van der Waals surface area contributed by atoms with Crippen LogP contribution in [0.5, 0.6) is 0 Å². The number of carbonyl (C=O) groups is 1. The first-order chi connectivity index (χ1) is 10.2. The Morgan fingerprint density at radius 3 is 2.95 bits per heavy atom. The first-order valence-electron chi connectivity index (χ1n) is 7.53. The molecule has 6 heteroatoms. The minimum Gasteiger partial charge on any atom is -0.340 e. The lowest BCUT2D eigenvalue weighted by molar-refractivity contribution is 0.0923. The fourth-order valence-corrected chi connectivity index (χ4v) is 2.52. The average Bonchev–Trinajstić information content (AvgIpc) is 3.41. The number of carbonyl (C=O) groups excluding carboxylic acids is 1. The summed E-state index contributed by atoms with van der Waals surface area (Å²) in [5, 5.41) is 6.92. The molecule has 0 saturated heterocycles. The largest absolute Gasteiger partial charge is 0.340 e. The van der Waals surface area contributed by atoms with Gasteiger partial charge < -0.3 is 14.4 Å². The van der Waals surface area contributed by atoms with E-state index in [2.05, 4.69) is 15.5 Å². The van der Waals surface area contributed by atoms with Crippen LogP contribution in [-0.4, -0.2) is 20.6 Å². The van der Waals surface area contributed by atoms with E-state index < -0.39 is 0 Å². The molecule has 2 heterocycles. The van der Waals surface area contributed by atoms with E-state index in [1.54, 1.807) is 0 Å². The molecule has 2 aliphatic carbocycles. The molecule has 0 aromatic carbocycles. The lowest BCUT2D eigenvalue weighted by Gasteiger charge is -2.11. The lowest BCUT2D eigenvalue weighted by atomic mass is 10.3. The monoisotopic (exact) mass is 286 g/mol. The van der Waals surface area contributed by atoms with Crippen LogP contribution in [0.4, 0.5) is 0 Å². The second kappa shape index (κ2) is 4.72. The fraction of sp³-hybridized carbons (Fsp3) is 0.533. The number of nitrogens with one attached hydrogen (secondary N) is 1. The van der Waals surface area contributed by atoms with Crippen molar-refractivity contribution in [2.75, 3.05) is 0 Å². The normalized spacial score (nSPS) is 19.5. The van der Waals surface area contributed by atoms with E-state index in [9.17, 15) is 4.79 Å². The number of nitrogens with zero attached hydrogens (tertiary/aromatic N) is 3. The summed E-state index contributed by atoms with van der Waals surface area (Å²) in [4.78, 5) is 16.8.